The average molecular weight is 410 g/mol. The van der Waals surface area contributed by atoms with Gasteiger partial charge in [0.2, 0.25) is 5.91 Å². The Kier molecular flexibility index (Phi) is 7.06. The lowest BCUT2D eigenvalue weighted by Crippen LogP contribution is -2.57. The second-order valence-corrected chi connectivity index (χ2v) is 7.35. The molecule has 2 aromatic carbocycles. The molecule has 30 heavy (non-hydrogen) atoms. The Labute approximate surface area is 176 Å². The monoisotopic (exact) mass is 410 g/mol. The van der Waals surface area contributed by atoms with Crippen molar-refractivity contribution in [2.45, 2.75) is 39.0 Å². The van der Waals surface area contributed by atoms with Crippen LogP contribution in [0, 0.1) is 0 Å². The summed E-state index contributed by atoms with van der Waals surface area (Å²) in [5.41, 5.74) is 1.48. The number of nitrogens with one attached hydrogen (secondary N) is 1. The molecule has 0 spiro atoms. The highest BCUT2D eigenvalue weighted by Gasteiger charge is 2.35. The summed E-state index contributed by atoms with van der Waals surface area (Å²) in [5.74, 6) is -0.515. The number of rotatable bonds is 7. The van der Waals surface area contributed by atoms with Gasteiger partial charge in [-0.2, -0.15) is 0 Å². The van der Waals surface area contributed by atoms with Gasteiger partial charge in [-0.15, -0.1) is 0 Å². The maximum Gasteiger partial charge on any atom is 0.308 e. The molecule has 1 saturated heterocycles. The Balaban J connectivity index is 1.65. The van der Waals surface area contributed by atoms with Crippen LogP contribution in [0.1, 0.15) is 36.2 Å². The van der Waals surface area contributed by atoms with Crippen molar-refractivity contribution in [3.05, 3.63) is 65.7 Å². The molecule has 1 aliphatic heterocycles. The van der Waals surface area contributed by atoms with Gasteiger partial charge in [-0.1, -0.05) is 30.3 Å². The zero-order valence-electron chi connectivity index (χ0n) is 17.2. The van der Waals surface area contributed by atoms with Gasteiger partial charge in [0, 0.05) is 18.7 Å². The molecular formula is C23H26N2O5. The zero-order chi connectivity index (χ0) is 21.5. The summed E-state index contributed by atoms with van der Waals surface area (Å²) in [6.45, 7) is 4.59. The molecule has 158 valence electrons. The van der Waals surface area contributed by atoms with Crippen molar-refractivity contribution in [3.63, 3.8) is 0 Å². The van der Waals surface area contributed by atoms with Crippen LogP contribution < -0.4 is 10.1 Å². The second kappa shape index (κ2) is 9.91. The first kappa shape index (κ1) is 21.4. The van der Waals surface area contributed by atoms with Crippen LogP contribution >= 0.6 is 0 Å². The van der Waals surface area contributed by atoms with Crippen LogP contribution in [0.4, 0.5) is 0 Å². The summed E-state index contributed by atoms with van der Waals surface area (Å²) in [6.07, 6.45) is -0.453. The number of nitrogens with zero attached hydrogens (tertiary/aromatic N) is 1. The van der Waals surface area contributed by atoms with Crippen molar-refractivity contribution >= 4 is 17.8 Å². The number of hydrogen-bond acceptors (Lipinski definition) is 5. The van der Waals surface area contributed by atoms with Crippen LogP contribution in [0.3, 0.4) is 0 Å². The molecule has 0 aromatic heterocycles. The van der Waals surface area contributed by atoms with E-state index < -0.39 is 12.0 Å². The topological polar surface area (TPSA) is 84.9 Å². The summed E-state index contributed by atoms with van der Waals surface area (Å²) >= 11 is 0. The van der Waals surface area contributed by atoms with Gasteiger partial charge >= 0.3 is 5.97 Å². The maximum absolute atomic E-state index is 13.0. The molecule has 7 heteroatoms. The van der Waals surface area contributed by atoms with Crippen LogP contribution in [0.25, 0.3) is 0 Å². The molecule has 1 aliphatic rings. The van der Waals surface area contributed by atoms with E-state index in [0.29, 0.717) is 31.0 Å². The zero-order valence-corrected chi connectivity index (χ0v) is 17.2. The molecule has 1 fully saturated rings. The summed E-state index contributed by atoms with van der Waals surface area (Å²) in [4.78, 5) is 38.8. The first-order chi connectivity index (χ1) is 14.4. The number of piperazine rings is 1. The highest BCUT2D eigenvalue weighted by atomic mass is 16.5. The fourth-order valence-corrected chi connectivity index (χ4v) is 3.23. The third-order valence-corrected chi connectivity index (χ3v) is 4.67. The summed E-state index contributed by atoms with van der Waals surface area (Å²) in [5, 5.41) is 2.71. The molecule has 0 saturated carbocycles. The fourth-order valence-electron chi connectivity index (χ4n) is 3.23. The van der Waals surface area contributed by atoms with E-state index in [1.807, 2.05) is 30.3 Å². The lowest BCUT2D eigenvalue weighted by Gasteiger charge is -2.34. The van der Waals surface area contributed by atoms with Crippen molar-refractivity contribution in [3.8, 4) is 5.75 Å². The Morgan fingerprint density at radius 2 is 1.80 bits per heavy atom. The van der Waals surface area contributed by atoms with Crippen molar-refractivity contribution < 1.29 is 23.9 Å². The van der Waals surface area contributed by atoms with Gasteiger partial charge < -0.3 is 19.7 Å². The number of benzene rings is 2. The van der Waals surface area contributed by atoms with Crippen molar-refractivity contribution in [2.24, 2.45) is 0 Å². The molecule has 0 bridgehead atoms. The molecule has 0 unspecified atom stereocenters. The second-order valence-electron chi connectivity index (χ2n) is 7.35. The average Bonchev–Trinajstić information content (AvgIpc) is 2.74. The minimum atomic E-state index is -0.883. The molecule has 1 atom stereocenters. The maximum atomic E-state index is 13.0. The smallest absolute Gasteiger partial charge is 0.308 e. The molecule has 1 heterocycles. The van der Waals surface area contributed by atoms with Crippen molar-refractivity contribution in [2.75, 3.05) is 13.1 Å². The van der Waals surface area contributed by atoms with E-state index in [0.717, 1.165) is 5.56 Å². The molecule has 0 aliphatic carbocycles. The molecule has 3 rings (SSSR count). The standard InChI is InChI=1S/C23H26N2O5/c1-16(2)30-21(26)14-20-22(27)24-12-13-25(20)23(28)18-8-10-19(11-9-18)29-15-17-6-4-3-5-7-17/h3-11,16,20H,12-15H2,1-2H3,(H,24,27)/t20-/m1/s1. The highest BCUT2D eigenvalue weighted by molar-refractivity contribution is 5.99. The van der Waals surface area contributed by atoms with Gasteiger partial charge in [-0.05, 0) is 43.7 Å². The summed E-state index contributed by atoms with van der Waals surface area (Å²) < 4.78 is 10.9. The predicted octanol–water partition coefficient (Wildman–Crippen LogP) is 2.55. The normalized spacial score (nSPS) is 16.2. The number of amides is 2. The largest absolute Gasteiger partial charge is 0.489 e. The summed E-state index contributed by atoms with van der Waals surface area (Å²) in [6, 6.07) is 15.7. The quantitative estimate of drug-likeness (QED) is 0.709. The van der Waals surface area contributed by atoms with Crippen LogP contribution in [-0.4, -0.2) is 47.9 Å². The Hall–Kier alpha value is -3.35. The van der Waals surface area contributed by atoms with E-state index in [4.69, 9.17) is 9.47 Å². The fraction of sp³-hybridized carbons (Fsp3) is 0.348. The van der Waals surface area contributed by atoms with E-state index in [1.165, 1.54) is 4.90 Å². The van der Waals surface area contributed by atoms with Crippen LogP contribution in [0.15, 0.2) is 54.6 Å². The number of carbonyl (C=O) groups is 3. The van der Waals surface area contributed by atoms with E-state index in [9.17, 15) is 14.4 Å². The minimum Gasteiger partial charge on any atom is -0.489 e. The first-order valence-corrected chi connectivity index (χ1v) is 9.99. The van der Waals surface area contributed by atoms with Gasteiger partial charge in [0.25, 0.3) is 5.91 Å². The number of carbonyl (C=O) groups excluding carboxylic acids is 3. The minimum absolute atomic E-state index is 0.173. The molecule has 2 amide bonds. The van der Waals surface area contributed by atoms with Crippen molar-refractivity contribution in [1.29, 1.82) is 0 Å². The SMILES string of the molecule is CC(C)OC(=O)C[C@@H]1C(=O)NCCN1C(=O)c1ccc(OCc2ccccc2)cc1. The molecule has 1 N–H and O–H groups in total. The van der Waals surface area contributed by atoms with Gasteiger partial charge in [-0.25, -0.2) is 0 Å². The Morgan fingerprint density at radius 1 is 1.10 bits per heavy atom. The van der Waals surface area contributed by atoms with Gasteiger partial charge in [0.05, 0.1) is 12.5 Å². The first-order valence-electron chi connectivity index (χ1n) is 9.99. The number of hydrogen-bond donors (Lipinski definition) is 1. The van der Waals surface area contributed by atoms with Gasteiger partial charge in [-0.3, -0.25) is 14.4 Å². The van der Waals surface area contributed by atoms with Crippen LogP contribution in [-0.2, 0) is 20.9 Å². The van der Waals surface area contributed by atoms with E-state index >= 15 is 0 Å². The molecule has 2 aromatic rings. The van der Waals surface area contributed by atoms with E-state index in [-0.39, 0.29) is 24.3 Å². The molecular weight excluding hydrogens is 384 g/mol. The molecule has 7 nitrogen and oxygen atoms in total. The van der Waals surface area contributed by atoms with Gasteiger partial charge in [0.1, 0.15) is 18.4 Å². The Bertz CT molecular complexity index is 880. The lowest BCUT2D eigenvalue weighted by atomic mass is 10.1. The van der Waals surface area contributed by atoms with E-state index in [1.54, 1.807) is 38.1 Å². The lowest BCUT2D eigenvalue weighted by molar-refractivity contribution is -0.151. The third kappa shape index (κ3) is 5.59. The van der Waals surface area contributed by atoms with Crippen molar-refractivity contribution in [1.82, 2.24) is 10.2 Å². The molecule has 0 radical (unpaired) electrons. The van der Waals surface area contributed by atoms with E-state index in [2.05, 4.69) is 5.32 Å². The third-order valence-electron chi connectivity index (χ3n) is 4.67. The number of ether oxygens (including phenoxy) is 2. The predicted molar refractivity (Wildman–Crippen MR) is 111 cm³/mol. The number of esters is 1. The van der Waals surface area contributed by atoms with Gasteiger partial charge in [0.15, 0.2) is 0 Å². The van der Waals surface area contributed by atoms with Crippen LogP contribution in [0.2, 0.25) is 0 Å². The Morgan fingerprint density at radius 3 is 2.47 bits per heavy atom. The summed E-state index contributed by atoms with van der Waals surface area (Å²) in [7, 11) is 0. The highest BCUT2D eigenvalue weighted by Crippen LogP contribution is 2.19. The van der Waals surface area contributed by atoms with Crippen LogP contribution in [0.5, 0.6) is 5.75 Å².